The molecule has 4 rings (SSSR count). The summed E-state index contributed by atoms with van der Waals surface area (Å²) in [6.07, 6.45) is 4.31. The van der Waals surface area contributed by atoms with Crippen molar-refractivity contribution in [1.29, 1.82) is 0 Å². The number of carbonyl (C=O) groups is 3. The summed E-state index contributed by atoms with van der Waals surface area (Å²) in [5, 5.41) is 32.2. The maximum absolute atomic E-state index is 13.9. The number of aliphatic hydroxyl groups is 3. The van der Waals surface area contributed by atoms with Gasteiger partial charge in [0.1, 0.15) is 12.2 Å². The van der Waals surface area contributed by atoms with Gasteiger partial charge in [0, 0.05) is 30.1 Å². The zero-order chi connectivity index (χ0) is 43.1. The third-order valence-electron chi connectivity index (χ3n) is 13.3. The van der Waals surface area contributed by atoms with E-state index < -0.39 is 78.2 Å². The molecular weight excluding hydrogens is 757 g/mol. The van der Waals surface area contributed by atoms with Crippen LogP contribution in [0.5, 0.6) is 0 Å². The van der Waals surface area contributed by atoms with Gasteiger partial charge in [0.15, 0.2) is 0 Å². The second kappa shape index (κ2) is 20.2. The first kappa shape index (κ1) is 47.9. The summed E-state index contributed by atoms with van der Waals surface area (Å²) >= 11 is 0. The molecule has 1 aliphatic carbocycles. The van der Waals surface area contributed by atoms with Crippen LogP contribution in [-0.2, 0) is 23.8 Å². The van der Waals surface area contributed by atoms with Crippen LogP contribution in [0.2, 0.25) is 0 Å². The van der Waals surface area contributed by atoms with E-state index in [1.807, 2.05) is 13.8 Å². The normalized spacial score (nSPS) is 32.9. The number of esters is 1. The minimum Gasteiger partial charge on any atom is -0.457 e. The van der Waals surface area contributed by atoms with Crippen LogP contribution < -0.4 is 0 Å². The Kier molecular flexibility index (Phi) is 16.7. The van der Waals surface area contributed by atoms with Gasteiger partial charge < -0.3 is 34.0 Å². The van der Waals surface area contributed by atoms with Crippen molar-refractivity contribution in [3.05, 3.63) is 36.0 Å². The number of carbonyl (C=O) groups excluding carboxylic acids is 3. The summed E-state index contributed by atoms with van der Waals surface area (Å²) in [7, 11) is 2.23. The smallest absolute Gasteiger partial charge is 0.449 e. The second-order valence-corrected chi connectivity index (χ2v) is 18.5. The predicted molar refractivity (Wildman–Crippen MR) is 213 cm³/mol. The van der Waals surface area contributed by atoms with Gasteiger partial charge in [-0.05, 0) is 70.4 Å². The summed E-state index contributed by atoms with van der Waals surface area (Å²) < 4.78 is 59.9. The molecule has 11 nitrogen and oxygen atoms in total. The van der Waals surface area contributed by atoms with E-state index >= 15 is 0 Å². The largest absolute Gasteiger partial charge is 0.457 e. The van der Waals surface area contributed by atoms with E-state index in [0.717, 1.165) is 30.4 Å². The fourth-order valence-electron chi connectivity index (χ4n) is 9.07. The number of quaternary nitrogens is 1. The lowest BCUT2D eigenvalue weighted by Gasteiger charge is -2.47. The number of rotatable bonds is 12. The molecule has 1 amide bonds. The van der Waals surface area contributed by atoms with Crippen molar-refractivity contribution in [2.45, 2.75) is 173 Å². The Morgan fingerprint density at radius 3 is 2.36 bits per heavy atom. The van der Waals surface area contributed by atoms with Crippen molar-refractivity contribution in [3.63, 3.8) is 0 Å². The van der Waals surface area contributed by atoms with Crippen LogP contribution in [-0.4, -0.2) is 130 Å². The molecule has 3 fully saturated rings. The van der Waals surface area contributed by atoms with E-state index in [-0.39, 0.29) is 31.0 Å². The number of ether oxygens (including phenoxy) is 3. The molecule has 0 aromatic heterocycles. The SMILES string of the molecule is CC[C@H](O)[C@@H](C)[C@H]1O[C@@H]1C[C@@](C)(O)C=CC=C(C)[C@H]1OC(=O)C[C@H](O)CC[C@@](C)(CC(=O)C(F)(F)F)[C@@H](OC(=O)N2CC[N+](C)(C3CCCCCC3)CC2)C=C[C@@H]1C. The van der Waals surface area contributed by atoms with Crippen LogP contribution in [0.15, 0.2) is 36.0 Å². The van der Waals surface area contributed by atoms with Crippen LogP contribution in [0.25, 0.3) is 0 Å². The molecule has 0 aromatic rings. The molecule has 3 N–H and O–H groups in total. The summed E-state index contributed by atoms with van der Waals surface area (Å²) in [6.45, 7) is 12.7. The second-order valence-electron chi connectivity index (χ2n) is 18.5. The first-order valence-electron chi connectivity index (χ1n) is 21.4. The third-order valence-corrected chi connectivity index (χ3v) is 13.3. The van der Waals surface area contributed by atoms with Gasteiger partial charge >= 0.3 is 18.2 Å². The molecule has 10 atom stereocenters. The summed E-state index contributed by atoms with van der Waals surface area (Å²) in [6, 6.07) is 0.517. The van der Waals surface area contributed by atoms with E-state index in [1.165, 1.54) is 38.7 Å². The maximum atomic E-state index is 13.9. The van der Waals surface area contributed by atoms with Gasteiger partial charge in [0.2, 0.25) is 5.78 Å². The number of hydrogen-bond donors (Lipinski definition) is 3. The number of aliphatic hydroxyl groups excluding tert-OH is 2. The van der Waals surface area contributed by atoms with Gasteiger partial charge in [-0.15, -0.1) is 0 Å². The molecule has 58 heavy (non-hydrogen) atoms. The number of ketones is 1. The van der Waals surface area contributed by atoms with Crippen LogP contribution in [0, 0.1) is 17.3 Å². The molecule has 3 heterocycles. The van der Waals surface area contributed by atoms with Crippen LogP contribution in [0.1, 0.15) is 119 Å². The number of epoxide rings is 1. The number of allylic oxidation sites excluding steroid dienone is 2. The molecule has 0 spiro atoms. The topological polar surface area (TPSA) is 146 Å². The van der Waals surface area contributed by atoms with Gasteiger partial charge in [0.25, 0.3) is 0 Å². The number of cyclic esters (lactones) is 1. The Labute approximate surface area is 343 Å². The summed E-state index contributed by atoms with van der Waals surface area (Å²) in [4.78, 5) is 41.1. The first-order valence-corrected chi connectivity index (χ1v) is 21.4. The highest BCUT2D eigenvalue weighted by atomic mass is 19.4. The molecule has 0 aromatic carbocycles. The highest BCUT2D eigenvalue weighted by Crippen LogP contribution is 2.40. The van der Waals surface area contributed by atoms with Crippen molar-refractivity contribution in [2.24, 2.45) is 17.3 Å². The number of Topliss-reactive ketones (excluding diaryl/α,β-unsaturated/α-hetero) is 1. The van der Waals surface area contributed by atoms with Crippen molar-refractivity contribution in [1.82, 2.24) is 4.90 Å². The van der Waals surface area contributed by atoms with Gasteiger partial charge in [-0.3, -0.25) is 14.5 Å². The molecule has 1 saturated carbocycles. The van der Waals surface area contributed by atoms with Crippen LogP contribution in [0.4, 0.5) is 18.0 Å². The Bertz CT molecular complexity index is 1480. The summed E-state index contributed by atoms with van der Waals surface area (Å²) in [5.74, 6) is -3.33. The van der Waals surface area contributed by atoms with Crippen molar-refractivity contribution < 1.29 is 61.6 Å². The average Bonchev–Trinajstić information content (AvgIpc) is 3.96. The zero-order valence-electron chi connectivity index (χ0n) is 35.7. The lowest BCUT2D eigenvalue weighted by Crippen LogP contribution is -2.62. The Morgan fingerprint density at radius 2 is 1.76 bits per heavy atom. The average molecular weight is 828 g/mol. The van der Waals surface area contributed by atoms with E-state index in [4.69, 9.17) is 14.2 Å². The molecular formula is C44H70F3N2O9+. The van der Waals surface area contributed by atoms with Gasteiger partial charge in [0.05, 0.1) is 75.7 Å². The molecule has 0 radical (unpaired) electrons. The standard InChI is InChI=1S/C44H70F3N2O9/c1-8-34(51)31(4)40-35(56-40)27-43(6,55)20-13-14-29(2)39-30(3)17-18-37(42(5,28-36(52)44(45,46)47)21-19-33(50)26-38(53)58-39)57-41(54)48-22-24-49(7,25-23-48)32-15-11-9-10-12-16-32/h13-14,17-18,20,30-35,37,39-40,50-51,55H,8-12,15-16,19,21-28H2,1-7H3/q+1/t30-,31+,33+,34-,35+,37-,39+,40+,42-,43-/m0/s1. The quantitative estimate of drug-likeness (QED) is 0.0474. The van der Waals surface area contributed by atoms with Crippen LogP contribution in [0.3, 0.4) is 0 Å². The number of halogens is 3. The molecule has 0 unspecified atom stereocenters. The van der Waals surface area contributed by atoms with Gasteiger partial charge in [-0.25, -0.2) is 4.79 Å². The minimum absolute atomic E-state index is 0.0667. The Balaban J connectivity index is 1.56. The molecule has 4 aliphatic rings. The van der Waals surface area contributed by atoms with E-state index in [9.17, 15) is 42.9 Å². The fraction of sp³-hybridized carbons (Fsp3) is 0.795. The van der Waals surface area contributed by atoms with Crippen molar-refractivity contribution in [3.8, 4) is 0 Å². The van der Waals surface area contributed by atoms with Gasteiger partial charge in [-0.2, -0.15) is 13.2 Å². The molecule has 330 valence electrons. The number of piperazine rings is 1. The zero-order valence-corrected chi connectivity index (χ0v) is 35.7. The Morgan fingerprint density at radius 1 is 1.12 bits per heavy atom. The van der Waals surface area contributed by atoms with Gasteiger partial charge in [-0.1, -0.05) is 64.8 Å². The highest BCUT2D eigenvalue weighted by Gasteiger charge is 2.49. The van der Waals surface area contributed by atoms with Crippen molar-refractivity contribution >= 4 is 17.8 Å². The monoisotopic (exact) mass is 828 g/mol. The number of alkyl halides is 3. The molecule has 14 heteroatoms. The number of nitrogens with zero attached hydrogens (tertiary/aromatic N) is 2. The van der Waals surface area contributed by atoms with Crippen molar-refractivity contribution in [2.75, 3.05) is 33.2 Å². The lowest BCUT2D eigenvalue weighted by atomic mass is 9.74. The number of amides is 1. The number of hydrogen-bond acceptors (Lipinski definition) is 9. The molecule has 0 bridgehead atoms. The lowest BCUT2D eigenvalue weighted by molar-refractivity contribution is -0.937. The molecule has 2 saturated heterocycles. The molecule has 3 aliphatic heterocycles. The minimum atomic E-state index is -5.12. The Hall–Kier alpha value is -2.78. The first-order chi connectivity index (χ1) is 27.1. The maximum Gasteiger partial charge on any atom is 0.449 e. The predicted octanol–water partition coefficient (Wildman–Crippen LogP) is 6.97. The van der Waals surface area contributed by atoms with E-state index in [2.05, 4.69) is 7.05 Å². The van der Waals surface area contributed by atoms with E-state index in [0.29, 0.717) is 37.5 Å². The summed E-state index contributed by atoms with van der Waals surface area (Å²) in [5.41, 5.74) is -2.24. The highest BCUT2D eigenvalue weighted by molar-refractivity contribution is 5.84. The fourth-order valence-corrected chi connectivity index (χ4v) is 9.07. The van der Waals surface area contributed by atoms with E-state index in [1.54, 1.807) is 50.0 Å². The van der Waals surface area contributed by atoms with Crippen LogP contribution >= 0.6 is 0 Å². The third kappa shape index (κ3) is 13.4. The number of likely N-dealkylation sites (N-methyl/N-ethyl adjacent to an activating group) is 1.